The van der Waals surface area contributed by atoms with Crippen LogP contribution in [0.1, 0.15) is 42.7 Å². The standard InChI is InChI=1S/C23H29NO/c1-24(15-7-10-18-8-3-2-4-9-18)17-19-13-14-23-21(16-19)20-11-5-6-12-22(20)25-23/h2-6,8-9,11-12,19,21,23H,7,10,13-17H2,1H3. The Bertz CT molecular complexity index is 684. The molecule has 132 valence electrons. The molecule has 3 unspecified atom stereocenters. The third-order valence-electron chi connectivity index (χ3n) is 5.91. The van der Waals surface area contributed by atoms with Gasteiger partial charge in [0.1, 0.15) is 11.9 Å². The maximum absolute atomic E-state index is 6.16. The van der Waals surface area contributed by atoms with Gasteiger partial charge in [0.15, 0.2) is 0 Å². The van der Waals surface area contributed by atoms with Crippen LogP contribution in [0.5, 0.6) is 5.75 Å². The summed E-state index contributed by atoms with van der Waals surface area (Å²) in [6.45, 7) is 2.41. The zero-order valence-corrected chi connectivity index (χ0v) is 15.2. The highest BCUT2D eigenvalue weighted by atomic mass is 16.5. The number of ether oxygens (including phenoxy) is 1. The van der Waals surface area contributed by atoms with E-state index >= 15 is 0 Å². The van der Waals surface area contributed by atoms with E-state index in [0.29, 0.717) is 12.0 Å². The van der Waals surface area contributed by atoms with Gasteiger partial charge >= 0.3 is 0 Å². The van der Waals surface area contributed by atoms with Crippen molar-refractivity contribution in [1.82, 2.24) is 4.90 Å². The monoisotopic (exact) mass is 335 g/mol. The quantitative estimate of drug-likeness (QED) is 0.745. The summed E-state index contributed by atoms with van der Waals surface area (Å²) < 4.78 is 6.16. The van der Waals surface area contributed by atoms with Gasteiger partial charge in [-0.05, 0) is 63.2 Å². The summed E-state index contributed by atoms with van der Waals surface area (Å²) in [5.74, 6) is 2.56. The first-order chi connectivity index (χ1) is 12.3. The van der Waals surface area contributed by atoms with Crippen molar-refractivity contribution in [2.75, 3.05) is 20.1 Å². The van der Waals surface area contributed by atoms with Crippen molar-refractivity contribution in [3.8, 4) is 5.75 Å². The average molecular weight is 335 g/mol. The first kappa shape index (κ1) is 16.7. The van der Waals surface area contributed by atoms with Crippen LogP contribution in [0.2, 0.25) is 0 Å². The van der Waals surface area contributed by atoms with E-state index in [2.05, 4.69) is 66.5 Å². The van der Waals surface area contributed by atoms with Crippen molar-refractivity contribution in [3.05, 3.63) is 65.7 Å². The lowest BCUT2D eigenvalue weighted by atomic mass is 9.77. The number of hydrogen-bond donors (Lipinski definition) is 0. The summed E-state index contributed by atoms with van der Waals surface area (Å²) in [5.41, 5.74) is 2.90. The Balaban J connectivity index is 1.26. The van der Waals surface area contributed by atoms with Crippen molar-refractivity contribution in [2.24, 2.45) is 5.92 Å². The molecule has 4 rings (SSSR count). The molecule has 2 aromatic carbocycles. The Kier molecular flexibility index (Phi) is 5.07. The van der Waals surface area contributed by atoms with Gasteiger partial charge in [0, 0.05) is 18.0 Å². The van der Waals surface area contributed by atoms with Gasteiger partial charge in [-0.3, -0.25) is 0 Å². The number of nitrogens with zero attached hydrogens (tertiary/aromatic N) is 1. The second-order valence-electron chi connectivity index (χ2n) is 7.83. The molecule has 0 bridgehead atoms. The second kappa shape index (κ2) is 7.61. The average Bonchev–Trinajstić information content (AvgIpc) is 3.01. The Morgan fingerprint density at radius 2 is 1.80 bits per heavy atom. The minimum atomic E-state index is 0.428. The van der Waals surface area contributed by atoms with Crippen LogP contribution in [0.4, 0.5) is 0 Å². The van der Waals surface area contributed by atoms with Crippen LogP contribution >= 0.6 is 0 Å². The molecule has 2 nitrogen and oxygen atoms in total. The van der Waals surface area contributed by atoms with Gasteiger partial charge in [-0.15, -0.1) is 0 Å². The number of para-hydroxylation sites is 1. The van der Waals surface area contributed by atoms with Crippen molar-refractivity contribution in [1.29, 1.82) is 0 Å². The molecule has 0 amide bonds. The van der Waals surface area contributed by atoms with E-state index in [1.54, 1.807) is 0 Å². The molecule has 1 heterocycles. The lowest BCUT2D eigenvalue weighted by molar-refractivity contribution is 0.120. The fourth-order valence-corrected chi connectivity index (χ4v) is 4.65. The van der Waals surface area contributed by atoms with Gasteiger partial charge in [-0.1, -0.05) is 48.5 Å². The van der Waals surface area contributed by atoms with Gasteiger partial charge in [0.2, 0.25) is 0 Å². The highest BCUT2D eigenvalue weighted by molar-refractivity contribution is 5.41. The fourth-order valence-electron chi connectivity index (χ4n) is 4.65. The molecule has 2 heteroatoms. The lowest BCUT2D eigenvalue weighted by Gasteiger charge is -2.33. The van der Waals surface area contributed by atoms with Crippen molar-refractivity contribution in [2.45, 2.75) is 44.1 Å². The summed E-state index contributed by atoms with van der Waals surface area (Å²) >= 11 is 0. The third-order valence-corrected chi connectivity index (χ3v) is 5.91. The van der Waals surface area contributed by atoms with Gasteiger partial charge in [0.25, 0.3) is 0 Å². The topological polar surface area (TPSA) is 12.5 Å². The lowest BCUT2D eigenvalue weighted by Crippen LogP contribution is -2.34. The molecule has 2 aromatic rings. The smallest absolute Gasteiger partial charge is 0.123 e. The minimum Gasteiger partial charge on any atom is -0.489 e. The number of rotatable bonds is 6. The van der Waals surface area contributed by atoms with E-state index in [4.69, 9.17) is 4.74 Å². The van der Waals surface area contributed by atoms with Crippen molar-refractivity contribution in [3.63, 3.8) is 0 Å². The molecule has 3 atom stereocenters. The van der Waals surface area contributed by atoms with Crippen molar-refractivity contribution >= 4 is 0 Å². The molecule has 25 heavy (non-hydrogen) atoms. The first-order valence-electron chi connectivity index (χ1n) is 9.77. The zero-order chi connectivity index (χ0) is 17.1. The second-order valence-corrected chi connectivity index (χ2v) is 7.83. The van der Waals surface area contributed by atoms with Gasteiger partial charge < -0.3 is 9.64 Å². The van der Waals surface area contributed by atoms with Crippen molar-refractivity contribution < 1.29 is 4.74 Å². The maximum Gasteiger partial charge on any atom is 0.123 e. The van der Waals surface area contributed by atoms with E-state index in [0.717, 1.165) is 11.7 Å². The zero-order valence-electron chi connectivity index (χ0n) is 15.2. The van der Waals surface area contributed by atoms with E-state index in [-0.39, 0.29) is 0 Å². The van der Waals surface area contributed by atoms with Crippen LogP contribution in [0, 0.1) is 5.92 Å². The van der Waals surface area contributed by atoms with Crippen LogP contribution in [0.3, 0.4) is 0 Å². The van der Waals surface area contributed by atoms with Gasteiger partial charge in [0.05, 0.1) is 0 Å². The predicted molar refractivity (Wildman–Crippen MR) is 103 cm³/mol. The molecule has 0 aromatic heterocycles. The molecule has 0 saturated heterocycles. The van der Waals surface area contributed by atoms with Crippen LogP contribution in [-0.2, 0) is 6.42 Å². The Morgan fingerprint density at radius 1 is 1.00 bits per heavy atom. The Hall–Kier alpha value is -1.80. The molecule has 2 aliphatic rings. The van der Waals surface area contributed by atoms with E-state index in [9.17, 15) is 0 Å². The first-order valence-corrected chi connectivity index (χ1v) is 9.77. The van der Waals surface area contributed by atoms with Crippen LogP contribution in [-0.4, -0.2) is 31.1 Å². The van der Waals surface area contributed by atoms with Crippen LogP contribution in [0.15, 0.2) is 54.6 Å². The molecule has 1 aliphatic carbocycles. The van der Waals surface area contributed by atoms with Crippen LogP contribution < -0.4 is 4.74 Å². The van der Waals surface area contributed by atoms with Gasteiger partial charge in [-0.2, -0.15) is 0 Å². The minimum absolute atomic E-state index is 0.428. The largest absolute Gasteiger partial charge is 0.489 e. The maximum atomic E-state index is 6.16. The number of benzene rings is 2. The number of hydrogen-bond acceptors (Lipinski definition) is 2. The van der Waals surface area contributed by atoms with E-state index in [1.165, 1.54) is 56.3 Å². The summed E-state index contributed by atoms with van der Waals surface area (Å²) in [7, 11) is 2.29. The SMILES string of the molecule is CN(CCCc1ccccc1)CC1CCC2Oc3ccccc3C2C1. The highest BCUT2D eigenvalue weighted by Crippen LogP contribution is 2.47. The van der Waals surface area contributed by atoms with E-state index in [1.807, 2.05) is 0 Å². The molecule has 0 spiro atoms. The number of aryl methyl sites for hydroxylation is 1. The highest BCUT2D eigenvalue weighted by Gasteiger charge is 2.39. The molecular formula is C23H29NO. The third kappa shape index (κ3) is 3.90. The van der Waals surface area contributed by atoms with E-state index < -0.39 is 0 Å². The molecule has 1 saturated carbocycles. The fraction of sp³-hybridized carbons (Fsp3) is 0.478. The molecule has 1 fully saturated rings. The Labute approximate surface area is 151 Å². The van der Waals surface area contributed by atoms with Crippen LogP contribution in [0.25, 0.3) is 0 Å². The molecule has 0 N–H and O–H groups in total. The molecular weight excluding hydrogens is 306 g/mol. The molecule has 1 aliphatic heterocycles. The summed E-state index contributed by atoms with van der Waals surface area (Å²) in [6.07, 6.45) is 6.65. The summed E-state index contributed by atoms with van der Waals surface area (Å²) in [6, 6.07) is 19.5. The Morgan fingerprint density at radius 3 is 2.68 bits per heavy atom. The molecule has 0 radical (unpaired) electrons. The number of fused-ring (bicyclic) bond motifs is 3. The van der Waals surface area contributed by atoms with Gasteiger partial charge in [-0.25, -0.2) is 0 Å². The summed E-state index contributed by atoms with van der Waals surface area (Å²) in [5, 5.41) is 0. The predicted octanol–water partition coefficient (Wildman–Crippen LogP) is 4.90. The summed E-state index contributed by atoms with van der Waals surface area (Å²) in [4.78, 5) is 2.54. The normalized spacial score (nSPS) is 24.6.